The predicted molar refractivity (Wildman–Crippen MR) is 98.4 cm³/mol. The van der Waals surface area contributed by atoms with E-state index in [2.05, 4.69) is 10.2 Å². The third kappa shape index (κ3) is 4.03. The molecule has 0 saturated heterocycles. The highest BCUT2D eigenvalue weighted by atomic mass is 16.5. The SMILES string of the molecule is COC(=O)c1ccoc1COc1ccc(C(=O)Nn2c(C)ccc2C)cc1. The standard InChI is InChI=1S/C20H20N2O5/c1-13-4-5-14(2)22(13)21-19(23)15-6-8-16(9-7-15)27-12-18-17(10-11-26-18)20(24)25-3/h4-11H,12H2,1-3H3,(H,21,23). The Bertz CT molecular complexity index is 934. The van der Waals surface area contributed by atoms with Gasteiger partial charge >= 0.3 is 5.97 Å². The molecule has 0 atom stereocenters. The quantitative estimate of drug-likeness (QED) is 0.674. The summed E-state index contributed by atoms with van der Waals surface area (Å²) in [6.07, 6.45) is 1.41. The lowest BCUT2D eigenvalue weighted by Crippen LogP contribution is -2.24. The number of hydrogen-bond acceptors (Lipinski definition) is 5. The molecule has 3 rings (SSSR count). The predicted octanol–water partition coefficient (Wildman–Crippen LogP) is 3.45. The number of hydrogen-bond donors (Lipinski definition) is 1. The van der Waals surface area contributed by atoms with Gasteiger partial charge in [0.15, 0.2) is 5.76 Å². The number of carbonyl (C=O) groups is 2. The van der Waals surface area contributed by atoms with Gasteiger partial charge in [0.1, 0.15) is 17.9 Å². The van der Waals surface area contributed by atoms with Gasteiger partial charge in [-0.25, -0.2) is 4.79 Å². The minimum absolute atomic E-state index is 0.0741. The number of nitrogens with one attached hydrogen (secondary N) is 1. The van der Waals surface area contributed by atoms with Crippen molar-refractivity contribution in [3.8, 4) is 5.75 Å². The molecule has 0 aliphatic heterocycles. The molecule has 3 aromatic rings. The molecular formula is C20H20N2O5. The highest BCUT2D eigenvalue weighted by Crippen LogP contribution is 2.18. The molecule has 1 aromatic carbocycles. The lowest BCUT2D eigenvalue weighted by molar-refractivity contribution is 0.0595. The molecular weight excluding hydrogens is 348 g/mol. The summed E-state index contributed by atoms with van der Waals surface area (Å²) < 4.78 is 17.3. The molecule has 2 aromatic heterocycles. The monoisotopic (exact) mass is 368 g/mol. The van der Waals surface area contributed by atoms with Crippen LogP contribution in [0, 0.1) is 13.8 Å². The van der Waals surface area contributed by atoms with E-state index in [4.69, 9.17) is 9.15 Å². The van der Waals surface area contributed by atoms with Crippen molar-refractivity contribution in [2.75, 3.05) is 12.5 Å². The Labute approximate surface area is 156 Å². The number of esters is 1. The Morgan fingerprint density at radius 3 is 2.33 bits per heavy atom. The smallest absolute Gasteiger partial charge is 0.341 e. The summed E-state index contributed by atoms with van der Waals surface area (Å²) in [5.74, 6) is 0.224. The first-order chi connectivity index (χ1) is 13.0. The van der Waals surface area contributed by atoms with Crippen molar-refractivity contribution in [2.45, 2.75) is 20.5 Å². The molecule has 0 fully saturated rings. The van der Waals surface area contributed by atoms with Crippen molar-refractivity contribution in [3.63, 3.8) is 0 Å². The van der Waals surface area contributed by atoms with Crippen molar-refractivity contribution in [1.82, 2.24) is 4.68 Å². The Kier molecular flexibility index (Phi) is 5.30. The molecule has 27 heavy (non-hydrogen) atoms. The second-order valence-electron chi connectivity index (χ2n) is 5.95. The second kappa shape index (κ2) is 7.82. The van der Waals surface area contributed by atoms with E-state index in [-0.39, 0.29) is 12.5 Å². The number of furan rings is 1. The first-order valence-corrected chi connectivity index (χ1v) is 8.33. The topological polar surface area (TPSA) is 82.7 Å². The van der Waals surface area contributed by atoms with Crippen molar-refractivity contribution < 1.29 is 23.5 Å². The fourth-order valence-corrected chi connectivity index (χ4v) is 2.61. The number of benzene rings is 1. The fraction of sp³-hybridized carbons (Fsp3) is 0.200. The van der Waals surface area contributed by atoms with E-state index < -0.39 is 5.97 Å². The first-order valence-electron chi connectivity index (χ1n) is 8.33. The summed E-state index contributed by atoms with van der Waals surface area (Å²) in [5, 5.41) is 0. The Morgan fingerprint density at radius 1 is 1.04 bits per heavy atom. The van der Waals surface area contributed by atoms with E-state index in [1.54, 1.807) is 28.9 Å². The molecule has 7 heteroatoms. The molecule has 0 unspecified atom stereocenters. The van der Waals surface area contributed by atoms with Crippen LogP contribution in [-0.4, -0.2) is 23.7 Å². The number of aromatic nitrogens is 1. The summed E-state index contributed by atoms with van der Waals surface area (Å²) in [4.78, 5) is 24.0. The van der Waals surface area contributed by atoms with Gasteiger partial charge in [-0.15, -0.1) is 0 Å². The highest BCUT2D eigenvalue weighted by Gasteiger charge is 2.15. The summed E-state index contributed by atoms with van der Waals surface area (Å²) in [6, 6.07) is 12.1. The van der Waals surface area contributed by atoms with Gasteiger partial charge in [0.2, 0.25) is 0 Å². The van der Waals surface area contributed by atoms with Crippen LogP contribution >= 0.6 is 0 Å². The average molecular weight is 368 g/mol. The summed E-state index contributed by atoms with van der Waals surface area (Å²) in [7, 11) is 1.31. The van der Waals surface area contributed by atoms with E-state index >= 15 is 0 Å². The lowest BCUT2D eigenvalue weighted by Gasteiger charge is -2.11. The van der Waals surface area contributed by atoms with E-state index in [1.165, 1.54) is 19.4 Å². The number of amides is 1. The molecule has 0 radical (unpaired) electrons. The van der Waals surface area contributed by atoms with E-state index in [0.717, 1.165) is 11.4 Å². The summed E-state index contributed by atoms with van der Waals surface area (Å²) in [6.45, 7) is 3.91. The molecule has 140 valence electrons. The van der Waals surface area contributed by atoms with Gasteiger partial charge in [0.05, 0.1) is 13.4 Å². The number of carbonyl (C=O) groups excluding carboxylic acids is 2. The Balaban J connectivity index is 1.63. The third-order valence-electron chi connectivity index (χ3n) is 4.12. The molecule has 0 spiro atoms. The van der Waals surface area contributed by atoms with Crippen LogP contribution in [0.4, 0.5) is 0 Å². The van der Waals surface area contributed by atoms with Crippen LogP contribution in [0.5, 0.6) is 5.75 Å². The van der Waals surface area contributed by atoms with Crippen LogP contribution in [0.3, 0.4) is 0 Å². The molecule has 7 nitrogen and oxygen atoms in total. The molecule has 1 amide bonds. The van der Waals surface area contributed by atoms with Gasteiger partial charge < -0.3 is 13.9 Å². The molecule has 2 heterocycles. The largest absolute Gasteiger partial charge is 0.486 e. The van der Waals surface area contributed by atoms with Crippen molar-refractivity contribution >= 4 is 11.9 Å². The zero-order valence-electron chi connectivity index (χ0n) is 15.3. The molecule has 0 aliphatic carbocycles. The Morgan fingerprint density at radius 2 is 1.70 bits per heavy atom. The zero-order chi connectivity index (χ0) is 19.4. The Hall–Kier alpha value is -3.48. The van der Waals surface area contributed by atoms with E-state index in [0.29, 0.717) is 22.6 Å². The highest BCUT2D eigenvalue weighted by molar-refractivity contribution is 6.00. The van der Waals surface area contributed by atoms with Crippen molar-refractivity contribution in [3.05, 3.63) is 77.0 Å². The van der Waals surface area contributed by atoms with E-state index in [9.17, 15) is 9.59 Å². The van der Waals surface area contributed by atoms with Crippen LogP contribution in [0.2, 0.25) is 0 Å². The van der Waals surface area contributed by atoms with Crippen LogP contribution < -0.4 is 10.2 Å². The molecule has 0 aliphatic rings. The van der Waals surface area contributed by atoms with Gasteiger partial charge in [0.25, 0.3) is 5.91 Å². The molecule has 0 bridgehead atoms. The lowest BCUT2D eigenvalue weighted by atomic mass is 10.2. The van der Waals surface area contributed by atoms with Gasteiger partial charge in [-0.3, -0.25) is 14.9 Å². The number of nitrogens with zero attached hydrogens (tertiary/aromatic N) is 1. The first kappa shape index (κ1) is 18.3. The maximum Gasteiger partial charge on any atom is 0.341 e. The maximum absolute atomic E-state index is 12.4. The van der Waals surface area contributed by atoms with Gasteiger partial charge in [-0.05, 0) is 56.3 Å². The average Bonchev–Trinajstić information content (AvgIpc) is 3.28. The van der Waals surface area contributed by atoms with Gasteiger partial charge in [-0.2, -0.15) is 0 Å². The van der Waals surface area contributed by atoms with Gasteiger partial charge in [0, 0.05) is 17.0 Å². The van der Waals surface area contributed by atoms with Crippen molar-refractivity contribution in [2.24, 2.45) is 0 Å². The third-order valence-corrected chi connectivity index (χ3v) is 4.12. The summed E-state index contributed by atoms with van der Waals surface area (Å²) in [5.41, 5.74) is 5.56. The van der Waals surface area contributed by atoms with Crippen molar-refractivity contribution in [1.29, 1.82) is 0 Å². The van der Waals surface area contributed by atoms with E-state index in [1.807, 2.05) is 26.0 Å². The van der Waals surface area contributed by atoms with Crippen LogP contribution in [0.25, 0.3) is 0 Å². The van der Waals surface area contributed by atoms with Crippen LogP contribution in [0.1, 0.15) is 37.9 Å². The number of ether oxygens (including phenoxy) is 2. The number of rotatable bonds is 6. The zero-order valence-corrected chi connectivity index (χ0v) is 15.3. The number of aryl methyl sites for hydroxylation is 2. The normalized spacial score (nSPS) is 10.5. The number of methoxy groups -OCH3 is 1. The second-order valence-corrected chi connectivity index (χ2v) is 5.95. The van der Waals surface area contributed by atoms with Gasteiger partial charge in [-0.1, -0.05) is 0 Å². The summed E-state index contributed by atoms with van der Waals surface area (Å²) >= 11 is 0. The minimum Gasteiger partial charge on any atom is -0.486 e. The minimum atomic E-state index is -0.482. The molecule has 0 saturated carbocycles. The fourth-order valence-electron chi connectivity index (χ4n) is 2.61. The van der Waals surface area contributed by atoms with Crippen LogP contribution in [-0.2, 0) is 11.3 Å². The maximum atomic E-state index is 12.4. The van der Waals surface area contributed by atoms with Crippen LogP contribution in [0.15, 0.2) is 53.1 Å². The molecule has 1 N–H and O–H groups in total.